The third kappa shape index (κ3) is 3.56. The summed E-state index contributed by atoms with van der Waals surface area (Å²) >= 11 is 1.59. The number of carbonyl (C=O) groups excluding carboxylic acids is 2. The Balaban J connectivity index is 1.67. The van der Waals surface area contributed by atoms with E-state index in [2.05, 4.69) is 11.4 Å². The molecular formula is C18H18N2O2S. The van der Waals surface area contributed by atoms with Gasteiger partial charge in [0, 0.05) is 23.7 Å². The van der Waals surface area contributed by atoms with E-state index >= 15 is 0 Å². The second-order valence-corrected chi connectivity index (χ2v) is 6.31. The van der Waals surface area contributed by atoms with E-state index < -0.39 is 11.8 Å². The summed E-state index contributed by atoms with van der Waals surface area (Å²) < 4.78 is 0. The van der Waals surface area contributed by atoms with Gasteiger partial charge >= 0.3 is 11.8 Å². The lowest BCUT2D eigenvalue weighted by molar-refractivity contribution is -0.143. The maximum atomic E-state index is 12.4. The number of nitrogens with zero attached hydrogens (tertiary/aromatic N) is 1. The van der Waals surface area contributed by atoms with E-state index in [0.29, 0.717) is 18.8 Å². The number of nitrogens with one attached hydrogen (secondary N) is 1. The van der Waals surface area contributed by atoms with Gasteiger partial charge in [0.1, 0.15) is 0 Å². The van der Waals surface area contributed by atoms with Crippen molar-refractivity contribution in [2.75, 3.05) is 18.1 Å². The highest BCUT2D eigenvalue weighted by Crippen LogP contribution is 2.20. The van der Waals surface area contributed by atoms with Crippen molar-refractivity contribution in [1.29, 1.82) is 0 Å². The Bertz CT molecular complexity index is 745. The first-order valence-electron chi connectivity index (χ1n) is 7.48. The first-order chi connectivity index (χ1) is 11.2. The molecule has 118 valence electrons. The molecule has 1 aliphatic rings. The molecule has 1 N–H and O–H groups in total. The lowest BCUT2D eigenvalue weighted by Crippen LogP contribution is -2.42. The smallest absolute Gasteiger partial charge is 0.313 e. The highest BCUT2D eigenvalue weighted by atomic mass is 32.2. The van der Waals surface area contributed by atoms with Crippen LogP contribution in [-0.2, 0) is 22.6 Å². The summed E-state index contributed by atoms with van der Waals surface area (Å²) in [5, 5.41) is 2.69. The fourth-order valence-electron chi connectivity index (χ4n) is 2.70. The molecule has 2 amide bonds. The molecule has 4 nitrogen and oxygen atoms in total. The summed E-state index contributed by atoms with van der Waals surface area (Å²) in [6.07, 6.45) is 2.76. The van der Waals surface area contributed by atoms with Gasteiger partial charge in [0.05, 0.1) is 0 Å². The molecule has 0 aliphatic carbocycles. The summed E-state index contributed by atoms with van der Waals surface area (Å²) in [4.78, 5) is 27.2. The van der Waals surface area contributed by atoms with Crippen LogP contribution in [0.25, 0.3) is 0 Å². The quantitative estimate of drug-likeness (QED) is 0.682. The Morgan fingerprint density at radius 3 is 2.65 bits per heavy atom. The van der Waals surface area contributed by atoms with Crippen LogP contribution in [0, 0.1) is 0 Å². The summed E-state index contributed by atoms with van der Waals surface area (Å²) in [5.74, 6) is -1.06. The number of hydrogen-bond donors (Lipinski definition) is 1. The number of rotatable bonds is 2. The summed E-state index contributed by atoms with van der Waals surface area (Å²) in [5.41, 5.74) is 3.02. The van der Waals surface area contributed by atoms with Crippen LogP contribution in [0.3, 0.4) is 0 Å². The molecule has 3 rings (SSSR count). The van der Waals surface area contributed by atoms with Gasteiger partial charge in [-0.15, -0.1) is 11.8 Å². The van der Waals surface area contributed by atoms with Crippen molar-refractivity contribution in [3.63, 3.8) is 0 Å². The van der Waals surface area contributed by atoms with E-state index in [1.54, 1.807) is 22.7 Å². The number of benzene rings is 2. The van der Waals surface area contributed by atoms with Gasteiger partial charge in [0.25, 0.3) is 0 Å². The molecule has 2 aromatic rings. The van der Waals surface area contributed by atoms with Crippen LogP contribution in [0.15, 0.2) is 53.4 Å². The molecule has 0 radical (unpaired) electrons. The number of thioether (sulfide) groups is 1. The van der Waals surface area contributed by atoms with Gasteiger partial charge in [-0.05, 0) is 42.0 Å². The number of anilines is 1. The molecule has 0 aromatic heterocycles. The number of carbonyl (C=O) groups is 2. The topological polar surface area (TPSA) is 49.4 Å². The van der Waals surface area contributed by atoms with E-state index in [1.165, 1.54) is 5.56 Å². The number of hydrogen-bond acceptors (Lipinski definition) is 3. The van der Waals surface area contributed by atoms with Gasteiger partial charge in [-0.3, -0.25) is 9.59 Å². The van der Waals surface area contributed by atoms with E-state index in [-0.39, 0.29) is 0 Å². The number of fused-ring (bicyclic) bond motifs is 1. The van der Waals surface area contributed by atoms with Crippen molar-refractivity contribution in [2.24, 2.45) is 0 Å². The summed E-state index contributed by atoms with van der Waals surface area (Å²) in [6, 6.07) is 15.5. The van der Waals surface area contributed by atoms with Crippen LogP contribution >= 0.6 is 11.8 Å². The van der Waals surface area contributed by atoms with E-state index in [1.807, 2.05) is 42.7 Å². The molecule has 23 heavy (non-hydrogen) atoms. The SMILES string of the molecule is CSc1cccc(NC(=O)C(=O)N2CCc3ccccc3C2)c1. The Morgan fingerprint density at radius 2 is 1.87 bits per heavy atom. The minimum Gasteiger partial charge on any atom is -0.330 e. The van der Waals surface area contributed by atoms with Crippen LogP contribution < -0.4 is 5.32 Å². The van der Waals surface area contributed by atoms with E-state index in [4.69, 9.17) is 0 Å². The van der Waals surface area contributed by atoms with Gasteiger partial charge in [-0.25, -0.2) is 0 Å². The summed E-state index contributed by atoms with van der Waals surface area (Å²) in [6.45, 7) is 1.07. The molecule has 0 saturated carbocycles. The van der Waals surface area contributed by atoms with Crippen molar-refractivity contribution >= 4 is 29.3 Å². The van der Waals surface area contributed by atoms with E-state index in [0.717, 1.165) is 16.9 Å². The van der Waals surface area contributed by atoms with Crippen LogP contribution in [0.4, 0.5) is 5.69 Å². The molecule has 0 bridgehead atoms. The second-order valence-electron chi connectivity index (χ2n) is 5.43. The second kappa shape index (κ2) is 6.87. The maximum Gasteiger partial charge on any atom is 0.313 e. The monoisotopic (exact) mass is 326 g/mol. The third-order valence-electron chi connectivity index (χ3n) is 3.94. The fraction of sp³-hybridized carbons (Fsp3) is 0.222. The lowest BCUT2D eigenvalue weighted by Gasteiger charge is -2.28. The first kappa shape index (κ1) is 15.6. The highest BCUT2D eigenvalue weighted by Gasteiger charge is 2.25. The van der Waals surface area contributed by atoms with Crippen molar-refractivity contribution in [3.05, 3.63) is 59.7 Å². The average molecular weight is 326 g/mol. The molecule has 0 atom stereocenters. The molecule has 0 unspecified atom stereocenters. The fourth-order valence-corrected chi connectivity index (χ4v) is 3.16. The third-order valence-corrected chi connectivity index (χ3v) is 4.67. The molecule has 0 saturated heterocycles. The van der Waals surface area contributed by atoms with Crippen molar-refractivity contribution in [1.82, 2.24) is 4.90 Å². The largest absolute Gasteiger partial charge is 0.330 e. The van der Waals surface area contributed by atoms with E-state index in [9.17, 15) is 9.59 Å². The minimum absolute atomic E-state index is 0.478. The zero-order valence-corrected chi connectivity index (χ0v) is 13.7. The molecular weight excluding hydrogens is 308 g/mol. The Labute approximate surface area is 139 Å². The van der Waals surface area contributed by atoms with Crippen LogP contribution in [-0.4, -0.2) is 29.5 Å². The average Bonchev–Trinajstić information content (AvgIpc) is 2.60. The molecule has 5 heteroatoms. The predicted molar refractivity (Wildman–Crippen MR) is 92.4 cm³/mol. The summed E-state index contributed by atoms with van der Waals surface area (Å²) in [7, 11) is 0. The molecule has 1 aliphatic heterocycles. The lowest BCUT2D eigenvalue weighted by atomic mass is 10.00. The first-order valence-corrected chi connectivity index (χ1v) is 8.71. The standard InChI is InChI=1S/C18H18N2O2S/c1-23-16-8-4-7-15(11-16)19-17(21)18(22)20-10-9-13-5-2-3-6-14(13)12-20/h2-8,11H,9-10,12H2,1H3,(H,19,21). The molecule has 0 fully saturated rings. The van der Waals surface area contributed by atoms with Crippen LogP contribution in [0.1, 0.15) is 11.1 Å². The zero-order chi connectivity index (χ0) is 16.2. The van der Waals surface area contributed by atoms with Gasteiger partial charge in [0.15, 0.2) is 0 Å². The Hall–Kier alpha value is -2.27. The van der Waals surface area contributed by atoms with Crippen molar-refractivity contribution < 1.29 is 9.59 Å². The minimum atomic E-state index is -0.581. The van der Waals surface area contributed by atoms with Crippen molar-refractivity contribution in [3.8, 4) is 0 Å². The number of amides is 2. The normalized spacial score (nSPS) is 13.3. The van der Waals surface area contributed by atoms with Crippen molar-refractivity contribution in [2.45, 2.75) is 17.9 Å². The highest BCUT2D eigenvalue weighted by molar-refractivity contribution is 7.98. The van der Waals surface area contributed by atoms with Crippen LogP contribution in [0.2, 0.25) is 0 Å². The van der Waals surface area contributed by atoms with Gasteiger partial charge < -0.3 is 10.2 Å². The Kier molecular flexibility index (Phi) is 4.67. The zero-order valence-electron chi connectivity index (χ0n) is 12.9. The molecule has 1 heterocycles. The van der Waals surface area contributed by atoms with Crippen LogP contribution in [0.5, 0.6) is 0 Å². The predicted octanol–water partition coefficient (Wildman–Crippen LogP) is 2.93. The van der Waals surface area contributed by atoms with Gasteiger partial charge in [0.2, 0.25) is 0 Å². The maximum absolute atomic E-state index is 12.4. The van der Waals surface area contributed by atoms with Gasteiger partial charge in [-0.1, -0.05) is 30.3 Å². The molecule has 2 aromatic carbocycles. The van der Waals surface area contributed by atoms with Gasteiger partial charge in [-0.2, -0.15) is 0 Å². The Morgan fingerprint density at radius 1 is 1.09 bits per heavy atom. The molecule has 0 spiro atoms.